The molecule has 0 saturated carbocycles. The van der Waals surface area contributed by atoms with E-state index in [0.717, 1.165) is 23.5 Å². The number of carbonyl (C=O) groups is 1. The van der Waals surface area contributed by atoms with Gasteiger partial charge in [0, 0.05) is 26.2 Å². The minimum atomic E-state index is -0.395. The molecule has 0 bridgehead atoms. The van der Waals surface area contributed by atoms with Crippen LogP contribution in [0.1, 0.15) is 32.8 Å². The highest BCUT2D eigenvalue weighted by molar-refractivity contribution is 14.0. The summed E-state index contributed by atoms with van der Waals surface area (Å²) in [4.78, 5) is 16.0. The highest BCUT2D eigenvalue weighted by Crippen LogP contribution is 2.32. The maximum Gasteiger partial charge on any atom is 0.407 e. The molecule has 28 heavy (non-hydrogen) atoms. The lowest BCUT2D eigenvalue weighted by molar-refractivity contribution is 0.146. The van der Waals surface area contributed by atoms with Crippen LogP contribution in [-0.2, 0) is 11.3 Å². The SMILES string of the molecule is CCOC(=O)NC(CNC(=NC)NCc1ccc2c(c1)OCO2)CC(C)C.I. The standard InChI is InChI=1S/C19H30N4O4.HI/c1-5-25-19(24)23-15(8-13(2)3)11-22-18(20-4)21-10-14-6-7-16-17(9-14)27-12-26-16;/h6-7,9,13,15H,5,8,10-12H2,1-4H3,(H,23,24)(H2,20,21,22);1H. The number of carbonyl (C=O) groups excluding carboxylic acids is 1. The summed E-state index contributed by atoms with van der Waals surface area (Å²) in [6.45, 7) is 7.79. The van der Waals surface area contributed by atoms with Gasteiger partial charge in [0.25, 0.3) is 0 Å². The highest BCUT2D eigenvalue weighted by atomic mass is 127. The van der Waals surface area contributed by atoms with Crippen molar-refractivity contribution in [2.75, 3.05) is 27.0 Å². The summed E-state index contributed by atoms with van der Waals surface area (Å²) in [5.74, 6) is 2.63. The Morgan fingerprint density at radius 3 is 2.68 bits per heavy atom. The molecule has 0 spiro atoms. The second-order valence-electron chi connectivity index (χ2n) is 6.69. The molecule has 0 saturated heterocycles. The minimum absolute atomic E-state index is 0. The van der Waals surface area contributed by atoms with Gasteiger partial charge in [-0.25, -0.2) is 4.79 Å². The number of halogens is 1. The van der Waals surface area contributed by atoms with Gasteiger partial charge in [-0.1, -0.05) is 19.9 Å². The molecule has 0 aromatic heterocycles. The van der Waals surface area contributed by atoms with Crippen molar-refractivity contribution in [3.05, 3.63) is 23.8 Å². The fourth-order valence-electron chi connectivity index (χ4n) is 2.78. The van der Waals surface area contributed by atoms with Crippen molar-refractivity contribution in [2.24, 2.45) is 10.9 Å². The van der Waals surface area contributed by atoms with Crippen LogP contribution in [0.4, 0.5) is 4.79 Å². The van der Waals surface area contributed by atoms with Crippen LogP contribution in [0.2, 0.25) is 0 Å². The highest BCUT2D eigenvalue weighted by Gasteiger charge is 2.16. The summed E-state index contributed by atoms with van der Waals surface area (Å²) >= 11 is 0. The third-order valence-electron chi connectivity index (χ3n) is 3.99. The van der Waals surface area contributed by atoms with Crippen molar-refractivity contribution >= 4 is 36.0 Å². The van der Waals surface area contributed by atoms with Crippen molar-refractivity contribution in [2.45, 2.75) is 39.8 Å². The maximum absolute atomic E-state index is 11.7. The van der Waals surface area contributed by atoms with Crippen molar-refractivity contribution in [3.63, 3.8) is 0 Å². The number of guanidine groups is 1. The van der Waals surface area contributed by atoms with Crippen LogP contribution in [-0.4, -0.2) is 45.1 Å². The van der Waals surface area contributed by atoms with E-state index in [4.69, 9.17) is 14.2 Å². The Morgan fingerprint density at radius 1 is 1.25 bits per heavy atom. The normalized spacial score (nSPS) is 13.5. The molecule has 1 aliphatic rings. The number of hydrogen-bond acceptors (Lipinski definition) is 5. The minimum Gasteiger partial charge on any atom is -0.454 e. The summed E-state index contributed by atoms with van der Waals surface area (Å²) in [6, 6.07) is 5.79. The number of hydrogen-bond donors (Lipinski definition) is 3. The van der Waals surface area contributed by atoms with E-state index in [-0.39, 0.29) is 36.8 Å². The van der Waals surface area contributed by atoms with E-state index in [2.05, 4.69) is 34.8 Å². The van der Waals surface area contributed by atoms with Crippen LogP contribution in [0.5, 0.6) is 11.5 Å². The number of nitrogens with one attached hydrogen (secondary N) is 3. The van der Waals surface area contributed by atoms with E-state index in [1.807, 2.05) is 18.2 Å². The van der Waals surface area contributed by atoms with Crippen LogP contribution in [0.15, 0.2) is 23.2 Å². The van der Waals surface area contributed by atoms with E-state index < -0.39 is 6.09 Å². The monoisotopic (exact) mass is 506 g/mol. The van der Waals surface area contributed by atoms with Crippen LogP contribution in [0, 0.1) is 5.92 Å². The van der Waals surface area contributed by atoms with Crippen molar-refractivity contribution < 1.29 is 19.0 Å². The van der Waals surface area contributed by atoms with Crippen LogP contribution >= 0.6 is 24.0 Å². The molecule has 1 aromatic carbocycles. The Bertz CT molecular complexity index is 655. The second-order valence-corrected chi connectivity index (χ2v) is 6.69. The largest absolute Gasteiger partial charge is 0.454 e. The molecule has 1 aromatic rings. The molecule has 158 valence electrons. The molecule has 2 rings (SSSR count). The first-order chi connectivity index (χ1) is 13.0. The summed E-state index contributed by atoms with van der Waals surface area (Å²) < 4.78 is 15.7. The number of benzene rings is 1. The Morgan fingerprint density at radius 2 is 2.00 bits per heavy atom. The quantitative estimate of drug-likeness (QED) is 0.285. The van der Waals surface area contributed by atoms with E-state index in [9.17, 15) is 4.79 Å². The lowest BCUT2D eigenvalue weighted by Crippen LogP contribution is -2.47. The molecule has 8 nitrogen and oxygen atoms in total. The van der Waals surface area contributed by atoms with Gasteiger partial charge >= 0.3 is 6.09 Å². The van der Waals surface area contributed by atoms with Gasteiger partial charge in [-0.2, -0.15) is 0 Å². The summed E-state index contributed by atoms with van der Waals surface area (Å²) in [7, 11) is 1.71. The van der Waals surface area contributed by atoms with Crippen molar-refractivity contribution in [1.82, 2.24) is 16.0 Å². The van der Waals surface area contributed by atoms with Crippen molar-refractivity contribution in [1.29, 1.82) is 0 Å². The Kier molecular flexibility index (Phi) is 10.8. The molecule has 9 heteroatoms. The topological polar surface area (TPSA) is 93.2 Å². The number of aliphatic imine (C=N–C) groups is 1. The molecule has 1 heterocycles. The van der Waals surface area contributed by atoms with Gasteiger partial charge in [0.2, 0.25) is 6.79 Å². The van der Waals surface area contributed by atoms with Crippen LogP contribution in [0.3, 0.4) is 0 Å². The van der Waals surface area contributed by atoms with Gasteiger partial charge < -0.3 is 30.2 Å². The number of amides is 1. The summed E-state index contributed by atoms with van der Waals surface area (Å²) in [5, 5.41) is 9.41. The van der Waals surface area contributed by atoms with E-state index in [0.29, 0.717) is 31.6 Å². The lowest BCUT2D eigenvalue weighted by Gasteiger charge is -2.22. The van der Waals surface area contributed by atoms with Crippen LogP contribution in [0.25, 0.3) is 0 Å². The maximum atomic E-state index is 11.7. The average molecular weight is 506 g/mol. The molecule has 1 amide bonds. The Labute approximate surface area is 183 Å². The zero-order valence-electron chi connectivity index (χ0n) is 16.9. The number of alkyl carbamates (subject to hydrolysis) is 1. The number of nitrogens with zero attached hydrogens (tertiary/aromatic N) is 1. The molecule has 1 aliphatic heterocycles. The number of fused-ring (bicyclic) bond motifs is 1. The van der Waals surface area contributed by atoms with Gasteiger partial charge in [-0.05, 0) is 37.0 Å². The predicted molar refractivity (Wildman–Crippen MR) is 120 cm³/mol. The molecule has 3 N–H and O–H groups in total. The molecule has 0 radical (unpaired) electrons. The smallest absolute Gasteiger partial charge is 0.407 e. The number of ether oxygens (including phenoxy) is 3. The molecular formula is C19H31IN4O4. The zero-order valence-corrected chi connectivity index (χ0v) is 19.2. The van der Waals surface area contributed by atoms with E-state index in [1.54, 1.807) is 14.0 Å². The fourth-order valence-corrected chi connectivity index (χ4v) is 2.78. The van der Waals surface area contributed by atoms with E-state index in [1.165, 1.54) is 0 Å². The Hall–Kier alpha value is -1.91. The summed E-state index contributed by atoms with van der Waals surface area (Å²) in [5.41, 5.74) is 1.06. The van der Waals surface area contributed by atoms with E-state index >= 15 is 0 Å². The third kappa shape index (κ3) is 7.99. The van der Waals surface area contributed by atoms with Crippen molar-refractivity contribution in [3.8, 4) is 11.5 Å². The molecule has 1 atom stereocenters. The van der Waals surface area contributed by atoms with Gasteiger partial charge in [0.1, 0.15) is 0 Å². The van der Waals surface area contributed by atoms with Gasteiger partial charge in [0.05, 0.1) is 6.61 Å². The van der Waals surface area contributed by atoms with Gasteiger partial charge in [0.15, 0.2) is 17.5 Å². The third-order valence-corrected chi connectivity index (χ3v) is 3.99. The second kappa shape index (κ2) is 12.5. The van der Waals surface area contributed by atoms with Crippen LogP contribution < -0.4 is 25.4 Å². The predicted octanol–water partition coefficient (Wildman–Crippen LogP) is 2.86. The number of rotatable bonds is 8. The summed E-state index contributed by atoms with van der Waals surface area (Å²) in [6.07, 6.45) is 0.443. The Balaban J connectivity index is 0.00000392. The lowest BCUT2D eigenvalue weighted by atomic mass is 10.0. The molecular weight excluding hydrogens is 475 g/mol. The molecule has 0 aliphatic carbocycles. The average Bonchev–Trinajstić information content (AvgIpc) is 3.09. The fraction of sp³-hybridized carbons (Fsp3) is 0.579. The van der Waals surface area contributed by atoms with Gasteiger partial charge in [-0.15, -0.1) is 24.0 Å². The first-order valence-electron chi connectivity index (χ1n) is 9.28. The molecule has 0 fully saturated rings. The van der Waals surface area contributed by atoms with Gasteiger partial charge in [-0.3, -0.25) is 4.99 Å². The molecule has 1 unspecified atom stereocenters. The first-order valence-corrected chi connectivity index (χ1v) is 9.28. The zero-order chi connectivity index (χ0) is 19.6. The first kappa shape index (κ1) is 24.1.